The van der Waals surface area contributed by atoms with Crippen molar-refractivity contribution in [3.05, 3.63) is 70.1 Å². The summed E-state index contributed by atoms with van der Waals surface area (Å²) in [6.45, 7) is 0. The molecule has 0 saturated heterocycles. The van der Waals surface area contributed by atoms with Gasteiger partial charge in [-0.2, -0.15) is 0 Å². The second-order valence-corrected chi connectivity index (χ2v) is 4.39. The maximum atomic E-state index is 12.0. The summed E-state index contributed by atoms with van der Waals surface area (Å²) in [6, 6.07) is 14.8. The minimum Gasteiger partial charge on any atom is -0.264 e. The number of nitrogens with zero attached hydrogens (tertiary/aromatic N) is 1. The van der Waals surface area contributed by atoms with E-state index in [0.29, 0.717) is 10.4 Å². The Balaban J connectivity index is 2.32. The zero-order valence-electron chi connectivity index (χ0n) is 9.43. The molecule has 0 radical (unpaired) electrons. The topological polar surface area (TPSA) is 36.7 Å². The minimum atomic E-state index is -0.131. The number of H-pyrrole nitrogens is 1. The quantitative estimate of drug-likeness (QED) is 0.668. The molecule has 88 valence electrons. The summed E-state index contributed by atoms with van der Waals surface area (Å²) in [4.78, 5) is 12.0. The van der Waals surface area contributed by atoms with Gasteiger partial charge in [0, 0.05) is 6.07 Å². The first-order chi connectivity index (χ1) is 8.75. The molecule has 0 bridgehead atoms. The van der Waals surface area contributed by atoms with Crippen LogP contribution in [0.15, 0.2) is 59.5 Å². The fourth-order valence-corrected chi connectivity index (χ4v) is 2.16. The summed E-state index contributed by atoms with van der Waals surface area (Å²) >= 11 is 6.12. The van der Waals surface area contributed by atoms with Crippen LogP contribution in [0.1, 0.15) is 0 Å². The summed E-state index contributed by atoms with van der Waals surface area (Å²) in [6.07, 6.45) is 1.86. The Bertz CT molecular complexity index is 780. The predicted molar refractivity (Wildman–Crippen MR) is 71.1 cm³/mol. The Hall–Kier alpha value is -2.13. The molecule has 1 heterocycles. The van der Waals surface area contributed by atoms with Gasteiger partial charge >= 0.3 is 5.56 Å². The normalized spacial score (nSPS) is 10.7. The van der Waals surface area contributed by atoms with Gasteiger partial charge in [0.1, 0.15) is 5.02 Å². The highest BCUT2D eigenvalue weighted by atomic mass is 35.5. The van der Waals surface area contributed by atoms with Gasteiger partial charge in [0.25, 0.3) is 5.69 Å². The molecule has 0 amide bonds. The smallest absolute Gasteiger partial charge is 0.264 e. The number of nitrogens with one attached hydrogen (secondary N) is 1. The summed E-state index contributed by atoms with van der Waals surface area (Å²) in [5.74, 6) is 0. The number of halogens is 1. The van der Waals surface area contributed by atoms with E-state index in [1.54, 1.807) is 16.8 Å². The Morgan fingerprint density at radius 3 is 2.56 bits per heavy atom. The lowest BCUT2D eigenvalue weighted by atomic mass is 10.2. The van der Waals surface area contributed by atoms with E-state index in [1.165, 1.54) is 0 Å². The molecule has 0 fully saturated rings. The summed E-state index contributed by atoms with van der Waals surface area (Å²) in [7, 11) is 0. The Labute approximate surface area is 108 Å². The molecule has 3 nitrogen and oxygen atoms in total. The number of para-hydroxylation sites is 1. The molecule has 0 unspecified atom stereocenters. The van der Waals surface area contributed by atoms with Crippen LogP contribution in [0.2, 0.25) is 5.02 Å². The van der Waals surface area contributed by atoms with Crippen LogP contribution in [0.3, 0.4) is 0 Å². The van der Waals surface area contributed by atoms with Crippen LogP contribution in [0.4, 0.5) is 0 Å². The summed E-state index contributed by atoms with van der Waals surface area (Å²) < 4.78 is 1.65. The van der Waals surface area contributed by atoms with Gasteiger partial charge in [-0.1, -0.05) is 40.5 Å². The Morgan fingerprint density at radius 1 is 1.00 bits per heavy atom. The fraction of sp³-hybridized carbons (Fsp3) is 0. The van der Waals surface area contributed by atoms with Crippen LogP contribution in [0, 0.1) is 0 Å². The second-order valence-electron chi connectivity index (χ2n) is 3.98. The van der Waals surface area contributed by atoms with Crippen molar-refractivity contribution in [2.75, 3.05) is 0 Å². The average Bonchev–Trinajstić information content (AvgIpc) is 2.39. The lowest BCUT2D eigenvalue weighted by Gasteiger charge is -1.99. The monoisotopic (exact) mass is 257 g/mol. The number of aromatic nitrogens is 2. The van der Waals surface area contributed by atoms with Crippen molar-refractivity contribution in [2.24, 2.45) is 0 Å². The second kappa shape index (κ2) is 4.27. The van der Waals surface area contributed by atoms with E-state index in [-0.39, 0.29) is 5.56 Å². The molecule has 3 rings (SSSR count). The average molecular weight is 258 g/mol. The number of benzene rings is 2. The SMILES string of the molecule is O=c1[nH][n+](-c2ccccc2Cl)cc2ccccc12. The Morgan fingerprint density at radius 2 is 1.72 bits per heavy atom. The number of rotatable bonds is 1. The van der Waals surface area contributed by atoms with E-state index in [0.717, 1.165) is 11.1 Å². The third-order valence-corrected chi connectivity index (χ3v) is 3.13. The van der Waals surface area contributed by atoms with E-state index in [1.807, 2.05) is 42.6 Å². The number of hydrogen-bond donors (Lipinski definition) is 1. The zero-order chi connectivity index (χ0) is 12.5. The maximum absolute atomic E-state index is 12.0. The fourth-order valence-electron chi connectivity index (χ4n) is 1.93. The van der Waals surface area contributed by atoms with Crippen LogP contribution < -0.4 is 10.2 Å². The van der Waals surface area contributed by atoms with Crippen molar-refractivity contribution in [3.8, 4) is 5.69 Å². The maximum Gasteiger partial charge on any atom is 0.306 e. The highest BCUT2D eigenvalue weighted by molar-refractivity contribution is 6.32. The van der Waals surface area contributed by atoms with E-state index in [9.17, 15) is 4.79 Å². The van der Waals surface area contributed by atoms with Crippen molar-refractivity contribution in [2.45, 2.75) is 0 Å². The van der Waals surface area contributed by atoms with Gasteiger partial charge in [-0.3, -0.25) is 4.79 Å². The highest BCUT2D eigenvalue weighted by Gasteiger charge is 2.13. The van der Waals surface area contributed by atoms with Gasteiger partial charge in [-0.25, -0.2) is 0 Å². The van der Waals surface area contributed by atoms with Gasteiger partial charge in [-0.15, -0.1) is 5.10 Å². The Kier molecular flexibility index (Phi) is 2.61. The molecule has 0 saturated carbocycles. The van der Waals surface area contributed by atoms with Crippen molar-refractivity contribution in [1.29, 1.82) is 0 Å². The molecule has 18 heavy (non-hydrogen) atoms. The standard InChI is InChI=1S/C14H9ClN2O/c15-12-7-3-4-8-13(12)17-9-10-5-1-2-6-11(10)14(18)16-17/h1-9H/p+1. The molecule has 3 aromatic rings. The van der Waals surface area contributed by atoms with Crippen molar-refractivity contribution in [1.82, 2.24) is 5.10 Å². The first-order valence-corrected chi connectivity index (χ1v) is 5.92. The lowest BCUT2D eigenvalue weighted by molar-refractivity contribution is -0.659. The van der Waals surface area contributed by atoms with Crippen molar-refractivity contribution >= 4 is 22.4 Å². The van der Waals surface area contributed by atoms with Crippen LogP contribution in [-0.4, -0.2) is 5.10 Å². The summed E-state index contributed by atoms with van der Waals surface area (Å²) in [5.41, 5.74) is 0.620. The van der Waals surface area contributed by atoms with Crippen molar-refractivity contribution < 1.29 is 4.68 Å². The first kappa shape index (κ1) is 11.0. The van der Waals surface area contributed by atoms with Gasteiger partial charge in [0.15, 0.2) is 0 Å². The van der Waals surface area contributed by atoms with Gasteiger partial charge in [0.2, 0.25) is 6.20 Å². The number of aromatic amines is 1. The van der Waals surface area contributed by atoms with Crippen LogP contribution in [-0.2, 0) is 0 Å². The third kappa shape index (κ3) is 1.79. The van der Waals surface area contributed by atoms with Crippen LogP contribution in [0.25, 0.3) is 16.5 Å². The third-order valence-electron chi connectivity index (χ3n) is 2.81. The van der Waals surface area contributed by atoms with Gasteiger partial charge in [-0.05, 0) is 18.2 Å². The van der Waals surface area contributed by atoms with Crippen LogP contribution >= 0.6 is 11.6 Å². The molecule has 0 atom stereocenters. The number of fused-ring (bicyclic) bond motifs is 1. The van der Waals surface area contributed by atoms with Gasteiger partial charge < -0.3 is 0 Å². The minimum absolute atomic E-state index is 0.131. The summed E-state index contributed by atoms with van der Waals surface area (Å²) in [5, 5.41) is 4.92. The van der Waals surface area contributed by atoms with E-state index in [2.05, 4.69) is 5.10 Å². The highest BCUT2D eigenvalue weighted by Crippen LogP contribution is 2.14. The molecule has 0 aliphatic carbocycles. The largest absolute Gasteiger partial charge is 0.306 e. The van der Waals surface area contributed by atoms with E-state index >= 15 is 0 Å². The molecule has 0 spiro atoms. The molecular formula is C14H10ClN2O+. The van der Waals surface area contributed by atoms with Gasteiger partial charge in [0.05, 0.1) is 10.8 Å². The zero-order valence-corrected chi connectivity index (χ0v) is 10.2. The van der Waals surface area contributed by atoms with Crippen molar-refractivity contribution in [3.63, 3.8) is 0 Å². The molecule has 0 aliphatic heterocycles. The van der Waals surface area contributed by atoms with Crippen LogP contribution in [0.5, 0.6) is 0 Å². The van der Waals surface area contributed by atoms with E-state index in [4.69, 9.17) is 11.6 Å². The number of hydrogen-bond acceptors (Lipinski definition) is 1. The molecule has 4 heteroatoms. The molecule has 1 aromatic heterocycles. The molecule has 2 aromatic carbocycles. The molecule has 1 N–H and O–H groups in total. The molecular weight excluding hydrogens is 248 g/mol. The first-order valence-electron chi connectivity index (χ1n) is 5.54. The van der Waals surface area contributed by atoms with E-state index < -0.39 is 0 Å². The lowest BCUT2D eigenvalue weighted by Crippen LogP contribution is -2.40. The molecule has 0 aliphatic rings. The predicted octanol–water partition coefficient (Wildman–Crippen LogP) is 2.46.